The van der Waals surface area contributed by atoms with Crippen LogP contribution < -0.4 is 4.74 Å². The lowest BCUT2D eigenvalue weighted by Gasteiger charge is -2.42. The first kappa shape index (κ1) is 19.9. The predicted octanol–water partition coefficient (Wildman–Crippen LogP) is 0.447. The molecule has 1 atom stereocenters. The zero-order valence-electron chi connectivity index (χ0n) is 16.1. The van der Waals surface area contributed by atoms with Gasteiger partial charge in [-0.15, -0.1) is 0 Å². The van der Waals surface area contributed by atoms with Crippen molar-refractivity contribution in [3.63, 3.8) is 0 Å². The number of ether oxygens (including phenoxy) is 3. The molecule has 3 amide bonds. The molecule has 0 radical (unpaired) electrons. The number of rotatable bonds is 3. The zero-order valence-corrected chi connectivity index (χ0v) is 16.1. The molecule has 1 aromatic carbocycles. The van der Waals surface area contributed by atoms with Gasteiger partial charge in [0.05, 0.1) is 34.0 Å². The first-order valence-electron chi connectivity index (χ1n) is 9.19. The van der Waals surface area contributed by atoms with Crippen LogP contribution in [0.15, 0.2) is 24.3 Å². The van der Waals surface area contributed by atoms with E-state index in [9.17, 15) is 14.4 Å². The molecule has 2 heterocycles. The highest BCUT2D eigenvalue weighted by molar-refractivity contribution is 5.97. The first-order chi connectivity index (χ1) is 13.5. The van der Waals surface area contributed by atoms with Gasteiger partial charge in [-0.2, -0.15) is 0 Å². The Bertz CT molecular complexity index is 717. The van der Waals surface area contributed by atoms with Crippen LogP contribution in [0.3, 0.4) is 0 Å². The quantitative estimate of drug-likeness (QED) is 0.695. The summed E-state index contributed by atoms with van der Waals surface area (Å²) in [6, 6.07) is 5.70. The lowest BCUT2D eigenvalue weighted by Crippen LogP contribution is -2.62. The predicted molar refractivity (Wildman–Crippen MR) is 99.2 cm³/mol. The van der Waals surface area contributed by atoms with Gasteiger partial charge in [-0.05, 0) is 24.3 Å². The highest BCUT2D eigenvalue weighted by Crippen LogP contribution is 2.19. The maximum Gasteiger partial charge on any atom is 0.330 e. The van der Waals surface area contributed by atoms with E-state index in [0.717, 1.165) is 0 Å². The normalized spacial score (nSPS) is 19.9. The maximum atomic E-state index is 13.0. The van der Waals surface area contributed by atoms with Gasteiger partial charge in [-0.1, -0.05) is 0 Å². The molecule has 0 spiro atoms. The molecule has 2 fully saturated rings. The number of nitrogens with zero attached hydrogens (tertiary/aromatic N) is 3. The monoisotopic (exact) mass is 391 g/mol. The van der Waals surface area contributed by atoms with Gasteiger partial charge in [0.25, 0.3) is 5.91 Å². The van der Waals surface area contributed by atoms with Crippen LogP contribution in [0.25, 0.3) is 0 Å². The summed E-state index contributed by atoms with van der Waals surface area (Å²) in [6.45, 7) is 2.75. The fourth-order valence-corrected chi connectivity index (χ4v) is 3.39. The number of piperazine rings is 1. The van der Waals surface area contributed by atoms with Crippen molar-refractivity contribution in [2.45, 2.75) is 6.04 Å². The second kappa shape index (κ2) is 8.92. The number of methoxy groups -OCH3 is 2. The van der Waals surface area contributed by atoms with Crippen LogP contribution in [-0.2, 0) is 14.3 Å². The van der Waals surface area contributed by atoms with Crippen molar-refractivity contribution in [1.29, 1.82) is 0 Å². The number of carbonyl (C=O) groups is 3. The van der Waals surface area contributed by atoms with Gasteiger partial charge in [0.2, 0.25) is 0 Å². The Kier molecular flexibility index (Phi) is 6.35. The standard InChI is InChI=1S/C19H25N3O6/c1-26-15-5-3-14(4-6-15)17(23)22-8-7-21(13-16(22)18(24)27-2)19(25)20-9-11-28-12-10-20/h3-6,16H,7-13H2,1-2H3/t16-/m1/s1. The van der Waals surface area contributed by atoms with E-state index in [0.29, 0.717) is 44.2 Å². The van der Waals surface area contributed by atoms with E-state index in [1.54, 1.807) is 41.2 Å². The minimum absolute atomic E-state index is 0.102. The summed E-state index contributed by atoms with van der Waals surface area (Å²) in [5, 5.41) is 0. The van der Waals surface area contributed by atoms with E-state index in [1.165, 1.54) is 12.0 Å². The third-order valence-electron chi connectivity index (χ3n) is 5.00. The molecular weight excluding hydrogens is 366 g/mol. The summed E-state index contributed by atoms with van der Waals surface area (Å²) < 4.78 is 15.3. The molecule has 1 aromatic rings. The molecule has 9 nitrogen and oxygen atoms in total. The number of morpholine rings is 1. The van der Waals surface area contributed by atoms with E-state index in [4.69, 9.17) is 14.2 Å². The highest BCUT2D eigenvalue weighted by atomic mass is 16.5. The van der Waals surface area contributed by atoms with Crippen molar-refractivity contribution in [3.05, 3.63) is 29.8 Å². The summed E-state index contributed by atoms with van der Waals surface area (Å²) in [6.07, 6.45) is 0. The molecule has 3 rings (SSSR count). The van der Waals surface area contributed by atoms with Crippen molar-refractivity contribution in [1.82, 2.24) is 14.7 Å². The van der Waals surface area contributed by atoms with E-state index in [-0.39, 0.29) is 25.0 Å². The molecule has 0 saturated carbocycles. The molecule has 2 aliphatic heterocycles. The van der Waals surface area contributed by atoms with Crippen molar-refractivity contribution < 1.29 is 28.6 Å². The Morgan fingerprint density at radius 3 is 2.25 bits per heavy atom. The van der Waals surface area contributed by atoms with Crippen LogP contribution in [0.1, 0.15) is 10.4 Å². The summed E-state index contributed by atoms with van der Waals surface area (Å²) in [7, 11) is 2.83. The molecule has 0 bridgehead atoms. The fourth-order valence-electron chi connectivity index (χ4n) is 3.39. The Labute approximate surface area is 163 Å². The molecule has 152 valence electrons. The van der Waals surface area contributed by atoms with Crippen molar-refractivity contribution in [2.75, 3.05) is 60.2 Å². The third-order valence-corrected chi connectivity index (χ3v) is 5.00. The molecule has 28 heavy (non-hydrogen) atoms. The zero-order chi connectivity index (χ0) is 20.1. The fraction of sp³-hybridized carbons (Fsp3) is 0.526. The SMILES string of the molecule is COC(=O)[C@H]1CN(C(=O)N2CCOCC2)CCN1C(=O)c1ccc(OC)cc1. The molecule has 0 unspecified atom stereocenters. The van der Waals surface area contributed by atoms with E-state index < -0.39 is 12.0 Å². The van der Waals surface area contributed by atoms with Gasteiger partial charge in [0, 0.05) is 31.7 Å². The first-order valence-corrected chi connectivity index (χ1v) is 9.19. The van der Waals surface area contributed by atoms with Gasteiger partial charge >= 0.3 is 12.0 Å². The van der Waals surface area contributed by atoms with Crippen LogP contribution in [-0.4, -0.2) is 98.8 Å². The number of benzene rings is 1. The Balaban J connectivity index is 1.74. The summed E-state index contributed by atoms with van der Waals surface area (Å²) in [4.78, 5) is 42.8. The summed E-state index contributed by atoms with van der Waals surface area (Å²) in [5.41, 5.74) is 0.447. The molecule has 0 N–H and O–H groups in total. The van der Waals surface area contributed by atoms with Crippen LogP contribution >= 0.6 is 0 Å². The minimum atomic E-state index is -0.849. The van der Waals surface area contributed by atoms with E-state index in [2.05, 4.69) is 0 Å². The molecule has 0 aromatic heterocycles. The van der Waals surface area contributed by atoms with Crippen LogP contribution in [0.5, 0.6) is 5.75 Å². The van der Waals surface area contributed by atoms with E-state index in [1.807, 2.05) is 0 Å². The minimum Gasteiger partial charge on any atom is -0.497 e. The number of hydrogen-bond acceptors (Lipinski definition) is 6. The smallest absolute Gasteiger partial charge is 0.330 e. The van der Waals surface area contributed by atoms with Gasteiger partial charge in [-0.3, -0.25) is 4.79 Å². The average molecular weight is 391 g/mol. The molecule has 2 saturated heterocycles. The molecule has 0 aliphatic carbocycles. The average Bonchev–Trinajstić information content (AvgIpc) is 2.77. The lowest BCUT2D eigenvalue weighted by atomic mass is 10.1. The topological polar surface area (TPSA) is 88.6 Å². The second-order valence-electron chi connectivity index (χ2n) is 6.59. The largest absolute Gasteiger partial charge is 0.497 e. The highest BCUT2D eigenvalue weighted by Gasteiger charge is 2.39. The van der Waals surface area contributed by atoms with Crippen LogP contribution in [0.4, 0.5) is 4.79 Å². The number of hydrogen-bond donors (Lipinski definition) is 0. The second-order valence-corrected chi connectivity index (χ2v) is 6.59. The summed E-state index contributed by atoms with van der Waals surface area (Å²) >= 11 is 0. The maximum absolute atomic E-state index is 13.0. The van der Waals surface area contributed by atoms with Gasteiger partial charge in [0.15, 0.2) is 0 Å². The molecule has 9 heteroatoms. The van der Waals surface area contributed by atoms with E-state index >= 15 is 0 Å². The van der Waals surface area contributed by atoms with Crippen molar-refractivity contribution in [3.8, 4) is 5.75 Å². The lowest BCUT2D eigenvalue weighted by molar-refractivity contribution is -0.147. The van der Waals surface area contributed by atoms with Crippen LogP contribution in [0, 0.1) is 0 Å². The Morgan fingerprint density at radius 1 is 0.964 bits per heavy atom. The number of esters is 1. The number of urea groups is 1. The van der Waals surface area contributed by atoms with Crippen molar-refractivity contribution >= 4 is 17.9 Å². The third kappa shape index (κ3) is 4.19. The van der Waals surface area contributed by atoms with Crippen LogP contribution in [0.2, 0.25) is 0 Å². The molecule has 2 aliphatic rings. The van der Waals surface area contributed by atoms with Crippen molar-refractivity contribution in [2.24, 2.45) is 0 Å². The van der Waals surface area contributed by atoms with Gasteiger partial charge in [-0.25, -0.2) is 9.59 Å². The summed E-state index contributed by atoms with van der Waals surface area (Å²) in [5.74, 6) is -0.181. The van der Waals surface area contributed by atoms with Gasteiger partial charge < -0.3 is 28.9 Å². The number of amides is 3. The number of carbonyl (C=O) groups excluding carboxylic acids is 3. The Hall–Kier alpha value is -2.81. The Morgan fingerprint density at radius 2 is 1.64 bits per heavy atom. The molecular formula is C19H25N3O6. The van der Waals surface area contributed by atoms with Gasteiger partial charge in [0.1, 0.15) is 11.8 Å².